The van der Waals surface area contributed by atoms with Crippen molar-refractivity contribution in [1.29, 1.82) is 0 Å². The molecule has 4 nitrogen and oxygen atoms in total. The molecule has 0 spiro atoms. The number of hydrogen-bond donors (Lipinski definition) is 2. The summed E-state index contributed by atoms with van der Waals surface area (Å²) in [5.74, 6) is 1.73. The highest BCUT2D eigenvalue weighted by Crippen LogP contribution is 2.34. The van der Waals surface area contributed by atoms with E-state index in [1.807, 2.05) is 7.05 Å². The number of guanidine groups is 1. The Labute approximate surface area is 151 Å². The second-order valence-electron chi connectivity index (χ2n) is 6.10. The first-order chi connectivity index (χ1) is 10.1. The van der Waals surface area contributed by atoms with Gasteiger partial charge in [0.05, 0.1) is 0 Å². The number of hydrogen-bond acceptors (Lipinski definition) is 2. The predicted molar refractivity (Wildman–Crippen MR) is 105 cm³/mol. The van der Waals surface area contributed by atoms with Crippen LogP contribution >= 0.6 is 24.0 Å². The SMILES string of the molecule is CN=C(NCc1ccccc1C)NCC(C1CC1)N(C)C.I. The third kappa shape index (κ3) is 5.76. The highest BCUT2D eigenvalue weighted by atomic mass is 127. The lowest BCUT2D eigenvalue weighted by Crippen LogP contribution is -2.45. The maximum Gasteiger partial charge on any atom is 0.191 e. The van der Waals surface area contributed by atoms with E-state index in [9.17, 15) is 0 Å². The standard InChI is InChI=1S/C17H28N4.HI/c1-13-7-5-6-8-15(13)11-19-17(18-2)20-12-16(21(3)4)14-9-10-14;/h5-8,14,16H,9-12H2,1-4H3,(H2,18,19,20);1H. The van der Waals surface area contributed by atoms with E-state index >= 15 is 0 Å². The van der Waals surface area contributed by atoms with Crippen LogP contribution in [-0.2, 0) is 6.54 Å². The number of nitrogens with one attached hydrogen (secondary N) is 2. The molecule has 1 unspecified atom stereocenters. The summed E-state index contributed by atoms with van der Waals surface area (Å²) in [6.07, 6.45) is 2.72. The number of rotatable bonds is 6. The van der Waals surface area contributed by atoms with Crippen LogP contribution in [0.4, 0.5) is 0 Å². The van der Waals surface area contributed by atoms with Gasteiger partial charge in [-0.3, -0.25) is 4.99 Å². The topological polar surface area (TPSA) is 39.7 Å². The monoisotopic (exact) mass is 416 g/mol. The molecule has 1 saturated carbocycles. The molecule has 2 rings (SSSR count). The molecule has 0 bridgehead atoms. The molecule has 0 saturated heterocycles. The van der Waals surface area contributed by atoms with Gasteiger partial charge in [-0.2, -0.15) is 0 Å². The Morgan fingerprint density at radius 3 is 2.50 bits per heavy atom. The second-order valence-corrected chi connectivity index (χ2v) is 6.10. The zero-order valence-corrected chi connectivity index (χ0v) is 16.4. The molecular weight excluding hydrogens is 387 g/mol. The molecule has 1 aromatic rings. The molecule has 1 aliphatic rings. The van der Waals surface area contributed by atoms with E-state index in [2.05, 4.69) is 65.8 Å². The van der Waals surface area contributed by atoms with Gasteiger partial charge in [-0.1, -0.05) is 24.3 Å². The lowest BCUT2D eigenvalue weighted by Gasteiger charge is -2.25. The molecule has 1 atom stereocenters. The minimum atomic E-state index is 0. The first kappa shape index (κ1) is 19.2. The molecule has 22 heavy (non-hydrogen) atoms. The van der Waals surface area contributed by atoms with Gasteiger partial charge in [0.1, 0.15) is 0 Å². The zero-order chi connectivity index (χ0) is 15.2. The van der Waals surface area contributed by atoms with Crippen molar-refractivity contribution in [3.63, 3.8) is 0 Å². The molecule has 2 N–H and O–H groups in total. The van der Waals surface area contributed by atoms with Gasteiger partial charge in [0.2, 0.25) is 0 Å². The van der Waals surface area contributed by atoms with Gasteiger partial charge in [0.25, 0.3) is 0 Å². The van der Waals surface area contributed by atoms with Crippen molar-refractivity contribution in [2.45, 2.75) is 32.4 Å². The minimum absolute atomic E-state index is 0. The molecule has 1 aliphatic carbocycles. The highest BCUT2D eigenvalue weighted by molar-refractivity contribution is 14.0. The Balaban J connectivity index is 0.00000242. The fraction of sp³-hybridized carbons (Fsp3) is 0.588. The molecule has 124 valence electrons. The summed E-state index contributed by atoms with van der Waals surface area (Å²) >= 11 is 0. The first-order valence-electron chi connectivity index (χ1n) is 7.77. The predicted octanol–water partition coefficient (Wildman–Crippen LogP) is 2.62. The van der Waals surface area contributed by atoms with Gasteiger partial charge < -0.3 is 15.5 Å². The van der Waals surface area contributed by atoms with Crippen molar-refractivity contribution in [1.82, 2.24) is 15.5 Å². The average molecular weight is 416 g/mol. The zero-order valence-electron chi connectivity index (χ0n) is 14.1. The largest absolute Gasteiger partial charge is 0.355 e. The molecule has 1 aromatic carbocycles. The van der Waals surface area contributed by atoms with E-state index in [1.165, 1.54) is 24.0 Å². The fourth-order valence-corrected chi connectivity index (χ4v) is 2.66. The molecule has 0 amide bonds. The minimum Gasteiger partial charge on any atom is -0.355 e. The summed E-state index contributed by atoms with van der Waals surface area (Å²) in [5.41, 5.74) is 2.62. The van der Waals surface area contributed by atoms with E-state index in [4.69, 9.17) is 0 Å². The number of aryl methyl sites for hydroxylation is 1. The fourth-order valence-electron chi connectivity index (χ4n) is 2.66. The number of halogens is 1. The molecule has 0 radical (unpaired) electrons. The number of likely N-dealkylation sites (N-methyl/N-ethyl adjacent to an activating group) is 1. The van der Waals surface area contributed by atoms with Crippen LogP contribution in [0.1, 0.15) is 24.0 Å². The van der Waals surface area contributed by atoms with Gasteiger partial charge in [-0.05, 0) is 50.9 Å². The number of benzene rings is 1. The summed E-state index contributed by atoms with van der Waals surface area (Å²) in [5, 5.41) is 6.86. The van der Waals surface area contributed by atoms with Crippen LogP contribution in [-0.4, -0.2) is 44.6 Å². The van der Waals surface area contributed by atoms with Gasteiger partial charge in [0, 0.05) is 26.2 Å². The van der Waals surface area contributed by atoms with Gasteiger partial charge in [-0.25, -0.2) is 0 Å². The van der Waals surface area contributed by atoms with Crippen LogP contribution in [0.25, 0.3) is 0 Å². The first-order valence-corrected chi connectivity index (χ1v) is 7.77. The van der Waals surface area contributed by atoms with Gasteiger partial charge in [0.15, 0.2) is 5.96 Å². The van der Waals surface area contributed by atoms with Crippen molar-refractivity contribution < 1.29 is 0 Å². The van der Waals surface area contributed by atoms with E-state index in [-0.39, 0.29) is 24.0 Å². The number of nitrogens with zero attached hydrogens (tertiary/aromatic N) is 2. The summed E-state index contributed by atoms with van der Waals surface area (Å²) in [7, 11) is 6.15. The van der Waals surface area contributed by atoms with Crippen LogP contribution in [0.15, 0.2) is 29.3 Å². The quantitative estimate of drug-likeness (QED) is 0.426. The molecular formula is C17H29IN4. The van der Waals surface area contributed by atoms with E-state index < -0.39 is 0 Å². The Bertz CT molecular complexity index is 481. The normalized spacial score (nSPS) is 16.1. The van der Waals surface area contributed by atoms with Crippen molar-refractivity contribution >= 4 is 29.9 Å². The van der Waals surface area contributed by atoms with Gasteiger partial charge >= 0.3 is 0 Å². The van der Waals surface area contributed by atoms with Crippen molar-refractivity contribution in [3.8, 4) is 0 Å². The van der Waals surface area contributed by atoms with Crippen molar-refractivity contribution in [3.05, 3.63) is 35.4 Å². The highest BCUT2D eigenvalue weighted by Gasteiger charge is 2.32. The maximum absolute atomic E-state index is 4.32. The van der Waals surface area contributed by atoms with Crippen molar-refractivity contribution in [2.75, 3.05) is 27.7 Å². The Kier molecular flexibility index (Phi) is 8.17. The summed E-state index contributed by atoms with van der Waals surface area (Å²) < 4.78 is 0. The smallest absolute Gasteiger partial charge is 0.191 e. The van der Waals surface area contributed by atoms with E-state index in [0.717, 1.165) is 25.0 Å². The Hall–Kier alpha value is -0.820. The molecule has 0 heterocycles. The molecule has 5 heteroatoms. The van der Waals surface area contributed by atoms with Crippen LogP contribution in [0.5, 0.6) is 0 Å². The summed E-state index contributed by atoms with van der Waals surface area (Å²) in [4.78, 5) is 6.64. The Morgan fingerprint density at radius 2 is 1.95 bits per heavy atom. The summed E-state index contributed by atoms with van der Waals surface area (Å²) in [6.45, 7) is 3.90. The Morgan fingerprint density at radius 1 is 1.27 bits per heavy atom. The molecule has 0 aliphatic heterocycles. The summed E-state index contributed by atoms with van der Waals surface area (Å²) in [6, 6.07) is 9.05. The van der Waals surface area contributed by atoms with Gasteiger partial charge in [-0.15, -0.1) is 24.0 Å². The third-order valence-electron chi connectivity index (χ3n) is 4.24. The van der Waals surface area contributed by atoms with Crippen LogP contribution in [0.3, 0.4) is 0 Å². The van der Waals surface area contributed by atoms with Crippen LogP contribution in [0.2, 0.25) is 0 Å². The number of aliphatic imine (C=N–C) groups is 1. The maximum atomic E-state index is 4.32. The van der Waals surface area contributed by atoms with E-state index in [0.29, 0.717) is 6.04 Å². The third-order valence-corrected chi connectivity index (χ3v) is 4.24. The lowest BCUT2D eigenvalue weighted by atomic mass is 10.1. The van der Waals surface area contributed by atoms with E-state index in [1.54, 1.807) is 0 Å². The van der Waals surface area contributed by atoms with Crippen molar-refractivity contribution in [2.24, 2.45) is 10.9 Å². The second kappa shape index (κ2) is 9.35. The van der Waals surface area contributed by atoms with Crippen LogP contribution < -0.4 is 10.6 Å². The van der Waals surface area contributed by atoms with Crippen LogP contribution in [0, 0.1) is 12.8 Å². The molecule has 0 aromatic heterocycles. The average Bonchev–Trinajstić information content (AvgIpc) is 3.28. The molecule has 1 fully saturated rings. The lowest BCUT2D eigenvalue weighted by molar-refractivity contribution is 0.264.